The van der Waals surface area contributed by atoms with Crippen molar-refractivity contribution in [2.75, 3.05) is 5.73 Å². The molecule has 0 saturated heterocycles. The zero-order valence-corrected chi connectivity index (χ0v) is 11.7. The molecule has 1 aliphatic carbocycles. The molecule has 1 aromatic heterocycles. The topological polar surface area (TPSA) is 43.8 Å². The summed E-state index contributed by atoms with van der Waals surface area (Å²) in [5, 5.41) is 4.46. The third-order valence-electron chi connectivity index (χ3n) is 3.91. The van der Waals surface area contributed by atoms with E-state index in [1.807, 2.05) is 17.8 Å². The number of nitrogens with two attached hydrogens (primary N) is 1. The number of rotatable bonds is 1. The van der Waals surface area contributed by atoms with Gasteiger partial charge in [-0.25, -0.2) is 4.68 Å². The highest BCUT2D eigenvalue weighted by Crippen LogP contribution is 2.50. The molecule has 96 valence electrons. The van der Waals surface area contributed by atoms with Gasteiger partial charge in [-0.15, -0.1) is 0 Å². The molecule has 3 nitrogen and oxygen atoms in total. The molecule has 2 rings (SSSR count). The Labute approximate surface area is 104 Å². The van der Waals surface area contributed by atoms with Crippen LogP contribution in [-0.4, -0.2) is 9.78 Å². The summed E-state index contributed by atoms with van der Waals surface area (Å²) in [5.74, 6) is 0.837. The molecule has 1 fully saturated rings. The molecule has 0 aliphatic heterocycles. The van der Waals surface area contributed by atoms with Gasteiger partial charge in [0, 0.05) is 5.56 Å². The van der Waals surface area contributed by atoms with E-state index in [9.17, 15) is 0 Å². The van der Waals surface area contributed by atoms with Gasteiger partial charge >= 0.3 is 0 Å². The van der Waals surface area contributed by atoms with E-state index < -0.39 is 0 Å². The molecule has 0 bridgehead atoms. The fourth-order valence-electron chi connectivity index (χ4n) is 3.71. The van der Waals surface area contributed by atoms with Crippen LogP contribution in [0.2, 0.25) is 0 Å². The van der Waals surface area contributed by atoms with Crippen molar-refractivity contribution in [3.05, 3.63) is 11.8 Å². The van der Waals surface area contributed by atoms with Gasteiger partial charge in [-0.1, -0.05) is 27.7 Å². The Balaban J connectivity index is 2.30. The average Bonchev–Trinajstić information content (AvgIpc) is 2.42. The largest absolute Gasteiger partial charge is 0.384 e. The van der Waals surface area contributed by atoms with Crippen molar-refractivity contribution in [2.24, 2.45) is 10.8 Å². The normalized spacial score (nSPS) is 23.8. The summed E-state index contributed by atoms with van der Waals surface area (Å²) in [7, 11) is 0. The molecule has 0 atom stereocenters. The summed E-state index contributed by atoms with van der Waals surface area (Å²) in [4.78, 5) is 0. The maximum atomic E-state index is 6.11. The summed E-state index contributed by atoms with van der Waals surface area (Å²) in [6.07, 6.45) is 5.49. The number of hydrogen-bond donors (Lipinski definition) is 1. The van der Waals surface area contributed by atoms with E-state index in [4.69, 9.17) is 5.73 Å². The van der Waals surface area contributed by atoms with Crippen molar-refractivity contribution in [1.82, 2.24) is 9.78 Å². The Morgan fingerprint density at radius 2 is 1.76 bits per heavy atom. The molecule has 0 radical (unpaired) electrons. The minimum absolute atomic E-state index is 0.374. The van der Waals surface area contributed by atoms with E-state index in [0.717, 1.165) is 11.4 Å². The highest BCUT2D eigenvalue weighted by Gasteiger charge is 2.39. The quantitative estimate of drug-likeness (QED) is 0.809. The summed E-state index contributed by atoms with van der Waals surface area (Å²) in [6, 6.07) is 0.447. The van der Waals surface area contributed by atoms with E-state index >= 15 is 0 Å². The predicted molar refractivity (Wildman–Crippen MR) is 71.8 cm³/mol. The summed E-state index contributed by atoms with van der Waals surface area (Å²) in [5.41, 5.74) is 7.95. The van der Waals surface area contributed by atoms with E-state index in [1.54, 1.807) is 0 Å². The standard InChI is InChI=1S/C14H25N3/c1-10-8-16-17(12(10)15)11-6-13(2,3)9-14(4,5)7-11/h8,11H,6-7,9,15H2,1-5H3. The highest BCUT2D eigenvalue weighted by molar-refractivity contribution is 5.37. The Morgan fingerprint density at radius 1 is 1.24 bits per heavy atom. The summed E-state index contributed by atoms with van der Waals surface area (Å²) >= 11 is 0. The first-order valence-corrected chi connectivity index (χ1v) is 6.50. The Morgan fingerprint density at radius 3 is 2.18 bits per heavy atom. The van der Waals surface area contributed by atoms with Gasteiger partial charge in [0.15, 0.2) is 0 Å². The van der Waals surface area contributed by atoms with Crippen molar-refractivity contribution in [3.8, 4) is 0 Å². The lowest BCUT2D eigenvalue weighted by molar-refractivity contribution is 0.0682. The minimum atomic E-state index is 0.374. The second kappa shape index (κ2) is 3.76. The fraction of sp³-hybridized carbons (Fsp3) is 0.786. The zero-order chi connectivity index (χ0) is 12.8. The van der Waals surface area contributed by atoms with Gasteiger partial charge in [0.1, 0.15) is 5.82 Å². The van der Waals surface area contributed by atoms with Crippen molar-refractivity contribution >= 4 is 5.82 Å². The third kappa shape index (κ3) is 2.48. The van der Waals surface area contributed by atoms with E-state index in [1.165, 1.54) is 19.3 Å². The lowest BCUT2D eigenvalue weighted by atomic mass is 9.63. The second-order valence-corrected chi connectivity index (χ2v) is 7.22. The number of aromatic nitrogens is 2. The molecule has 1 aliphatic rings. The second-order valence-electron chi connectivity index (χ2n) is 7.22. The van der Waals surface area contributed by atoms with Crippen LogP contribution in [0.5, 0.6) is 0 Å². The van der Waals surface area contributed by atoms with Crippen molar-refractivity contribution in [2.45, 2.75) is 59.9 Å². The molecule has 0 unspecified atom stereocenters. The highest BCUT2D eigenvalue weighted by atomic mass is 15.3. The van der Waals surface area contributed by atoms with Gasteiger partial charge in [0.2, 0.25) is 0 Å². The lowest BCUT2D eigenvalue weighted by Gasteiger charge is -2.45. The van der Waals surface area contributed by atoms with Crippen molar-refractivity contribution in [1.29, 1.82) is 0 Å². The first-order valence-electron chi connectivity index (χ1n) is 6.50. The molecule has 0 amide bonds. The number of aryl methyl sites for hydroxylation is 1. The lowest BCUT2D eigenvalue weighted by Crippen LogP contribution is -2.35. The van der Waals surface area contributed by atoms with Gasteiger partial charge in [-0.2, -0.15) is 5.10 Å². The Hall–Kier alpha value is -0.990. The Bertz CT molecular complexity index is 399. The van der Waals surface area contributed by atoms with Crippen LogP contribution in [0.15, 0.2) is 6.20 Å². The van der Waals surface area contributed by atoms with E-state index in [-0.39, 0.29) is 0 Å². The van der Waals surface area contributed by atoms with Crippen LogP contribution in [0.3, 0.4) is 0 Å². The molecule has 2 N–H and O–H groups in total. The number of anilines is 1. The van der Waals surface area contributed by atoms with Crippen molar-refractivity contribution in [3.63, 3.8) is 0 Å². The molecule has 17 heavy (non-hydrogen) atoms. The molecule has 1 heterocycles. The maximum absolute atomic E-state index is 6.11. The SMILES string of the molecule is Cc1cnn(C2CC(C)(C)CC(C)(C)C2)c1N. The number of nitrogen functional groups attached to an aromatic ring is 1. The zero-order valence-electron chi connectivity index (χ0n) is 11.7. The first kappa shape index (κ1) is 12.5. The molecular weight excluding hydrogens is 210 g/mol. The van der Waals surface area contributed by atoms with Crippen LogP contribution < -0.4 is 5.73 Å². The van der Waals surface area contributed by atoms with Crippen LogP contribution in [0, 0.1) is 17.8 Å². The van der Waals surface area contributed by atoms with Gasteiger partial charge < -0.3 is 5.73 Å². The number of hydrogen-bond acceptors (Lipinski definition) is 2. The minimum Gasteiger partial charge on any atom is -0.384 e. The van der Waals surface area contributed by atoms with Gasteiger partial charge in [0.25, 0.3) is 0 Å². The first-order chi connectivity index (χ1) is 7.70. The smallest absolute Gasteiger partial charge is 0.124 e. The van der Waals surface area contributed by atoms with Gasteiger partial charge in [0.05, 0.1) is 12.2 Å². The van der Waals surface area contributed by atoms with E-state index in [2.05, 4.69) is 32.8 Å². The summed E-state index contributed by atoms with van der Waals surface area (Å²) < 4.78 is 2.04. The number of nitrogens with zero attached hydrogens (tertiary/aromatic N) is 2. The van der Waals surface area contributed by atoms with Crippen LogP contribution in [0.1, 0.15) is 58.6 Å². The van der Waals surface area contributed by atoms with Gasteiger partial charge in [-0.3, -0.25) is 0 Å². The molecule has 0 aromatic carbocycles. The van der Waals surface area contributed by atoms with Crippen LogP contribution >= 0.6 is 0 Å². The Kier molecular flexibility index (Phi) is 2.75. The monoisotopic (exact) mass is 235 g/mol. The van der Waals surface area contributed by atoms with Crippen LogP contribution in [-0.2, 0) is 0 Å². The molecule has 0 spiro atoms. The van der Waals surface area contributed by atoms with Crippen molar-refractivity contribution < 1.29 is 0 Å². The van der Waals surface area contributed by atoms with Crippen LogP contribution in [0.25, 0.3) is 0 Å². The van der Waals surface area contributed by atoms with E-state index in [0.29, 0.717) is 16.9 Å². The fourth-order valence-corrected chi connectivity index (χ4v) is 3.71. The average molecular weight is 235 g/mol. The molecule has 1 saturated carbocycles. The molecule has 1 aromatic rings. The maximum Gasteiger partial charge on any atom is 0.124 e. The van der Waals surface area contributed by atoms with Gasteiger partial charge in [-0.05, 0) is 37.0 Å². The summed E-state index contributed by atoms with van der Waals surface area (Å²) in [6.45, 7) is 11.4. The van der Waals surface area contributed by atoms with Crippen LogP contribution in [0.4, 0.5) is 5.82 Å². The molecular formula is C14H25N3. The third-order valence-corrected chi connectivity index (χ3v) is 3.91. The molecule has 3 heteroatoms. The predicted octanol–water partition coefficient (Wildman–Crippen LogP) is 3.55.